The summed E-state index contributed by atoms with van der Waals surface area (Å²) in [4.78, 5) is 5.36. The van der Waals surface area contributed by atoms with E-state index in [0.29, 0.717) is 4.99 Å². The van der Waals surface area contributed by atoms with Crippen LogP contribution >= 0.6 is 23.8 Å². The predicted octanol–water partition coefficient (Wildman–Crippen LogP) is 2.44. The normalized spacial score (nSPS) is 18.9. The Balaban J connectivity index is 1.90. The fraction of sp³-hybridized carbons (Fsp3) is 0.533. The summed E-state index contributed by atoms with van der Waals surface area (Å²) in [7, 11) is 0. The van der Waals surface area contributed by atoms with E-state index in [0.717, 1.165) is 37.7 Å². The molecule has 1 aliphatic rings. The van der Waals surface area contributed by atoms with Gasteiger partial charge >= 0.3 is 0 Å². The zero-order valence-corrected chi connectivity index (χ0v) is 13.7. The lowest BCUT2D eigenvalue weighted by Crippen LogP contribution is -2.52. The summed E-state index contributed by atoms with van der Waals surface area (Å²) >= 11 is 11.4. The van der Waals surface area contributed by atoms with Crippen LogP contribution in [0.3, 0.4) is 0 Å². The number of rotatable bonds is 4. The molecule has 0 aliphatic carbocycles. The summed E-state index contributed by atoms with van der Waals surface area (Å²) in [5.74, 6) is 0. The molecule has 0 saturated carbocycles. The fourth-order valence-electron chi connectivity index (χ4n) is 2.51. The Bertz CT molecular complexity index is 484. The first-order valence-corrected chi connectivity index (χ1v) is 7.76. The van der Waals surface area contributed by atoms with Gasteiger partial charge in [-0.05, 0) is 31.0 Å². The van der Waals surface area contributed by atoms with E-state index in [-0.39, 0.29) is 6.04 Å². The molecule has 1 saturated heterocycles. The number of hydrogen-bond acceptors (Lipinski definition) is 3. The van der Waals surface area contributed by atoms with Gasteiger partial charge in [0.1, 0.15) is 0 Å². The van der Waals surface area contributed by atoms with E-state index in [1.54, 1.807) is 0 Å². The van der Waals surface area contributed by atoms with Gasteiger partial charge in [0, 0.05) is 37.7 Å². The Hall–Kier alpha value is -0.680. The Morgan fingerprint density at radius 2 is 2.00 bits per heavy atom. The van der Waals surface area contributed by atoms with E-state index in [9.17, 15) is 0 Å². The van der Waals surface area contributed by atoms with E-state index < -0.39 is 0 Å². The minimum Gasteiger partial charge on any atom is -0.392 e. The predicted molar refractivity (Wildman–Crippen MR) is 89.3 cm³/mol. The van der Waals surface area contributed by atoms with Crippen LogP contribution in [0.2, 0.25) is 5.02 Å². The SMILES string of the molecule is Cc1ccc(CN2CCN(C(C)C(N)=S)CC2)c(Cl)c1. The molecule has 1 atom stereocenters. The van der Waals surface area contributed by atoms with Crippen LogP contribution in [0.4, 0.5) is 0 Å². The van der Waals surface area contributed by atoms with Gasteiger partial charge in [0.2, 0.25) is 0 Å². The maximum absolute atomic E-state index is 6.30. The van der Waals surface area contributed by atoms with Crippen LogP contribution in [-0.4, -0.2) is 47.0 Å². The molecule has 20 heavy (non-hydrogen) atoms. The topological polar surface area (TPSA) is 32.5 Å². The van der Waals surface area contributed by atoms with Crippen molar-refractivity contribution in [1.82, 2.24) is 9.80 Å². The highest BCUT2D eigenvalue weighted by Gasteiger charge is 2.22. The monoisotopic (exact) mass is 311 g/mol. The summed E-state index contributed by atoms with van der Waals surface area (Å²) in [5.41, 5.74) is 8.12. The number of nitrogens with zero attached hydrogens (tertiary/aromatic N) is 2. The lowest BCUT2D eigenvalue weighted by Gasteiger charge is -2.37. The lowest BCUT2D eigenvalue weighted by atomic mass is 10.1. The van der Waals surface area contributed by atoms with Crippen LogP contribution in [0.15, 0.2) is 18.2 Å². The second-order valence-corrected chi connectivity index (χ2v) is 6.36. The zero-order valence-electron chi connectivity index (χ0n) is 12.1. The molecule has 0 bridgehead atoms. The summed E-state index contributed by atoms with van der Waals surface area (Å²) in [6.45, 7) is 9.10. The maximum atomic E-state index is 6.30. The molecule has 1 aromatic carbocycles. The van der Waals surface area contributed by atoms with Gasteiger partial charge in [0.25, 0.3) is 0 Å². The van der Waals surface area contributed by atoms with E-state index >= 15 is 0 Å². The highest BCUT2D eigenvalue weighted by molar-refractivity contribution is 7.80. The molecule has 3 nitrogen and oxygen atoms in total. The molecule has 0 aromatic heterocycles. The third-order valence-corrected chi connectivity index (χ3v) is 4.66. The van der Waals surface area contributed by atoms with Crippen molar-refractivity contribution in [2.24, 2.45) is 5.73 Å². The Morgan fingerprint density at radius 1 is 1.35 bits per heavy atom. The number of hydrogen-bond donors (Lipinski definition) is 1. The van der Waals surface area contributed by atoms with Crippen molar-refractivity contribution in [3.05, 3.63) is 34.3 Å². The molecule has 2 N–H and O–H groups in total. The Labute approximate surface area is 131 Å². The molecule has 1 aliphatic heterocycles. The van der Waals surface area contributed by atoms with Gasteiger partial charge in [-0.15, -0.1) is 0 Å². The standard InChI is InChI=1S/C15H22ClN3S/c1-11-3-4-13(14(16)9-11)10-18-5-7-19(8-6-18)12(2)15(17)20/h3-4,9,12H,5-8,10H2,1-2H3,(H2,17,20). The van der Waals surface area contributed by atoms with E-state index in [4.69, 9.17) is 29.6 Å². The summed E-state index contributed by atoms with van der Waals surface area (Å²) in [6.07, 6.45) is 0. The van der Waals surface area contributed by atoms with Crippen molar-refractivity contribution >= 4 is 28.8 Å². The molecule has 0 radical (unpaired) electrons. The molecular weight excluding hydrogens is 290 g/mol. The van der Waals surface area contributed by atoms with Gasteiger partial charge in [-0.3, -0.25) is 9.80 Å². The quantitative estimate of drug-likeness (QED) is 0.866. The molecule has 0 amide bonds. The summed E-state index contributed by atoms with van der Waals surface area (Å²) < 4.78 is 0. The average molecular weight is 312 g/mol. The van der Waals surface area contributed by atoms with E-state index in [2.05, 4.69) is 35.8 Å². The number of halogens is 1. The van der Waals surface area contributed by atoms with Gasteiger partial charge in [0.05, 0.1) is 11.0 Å². The maximum Gasteiger partial charge on any atom is 0.0899 e. The number of benzene rings is 1. The molecule has 0 spiro atoms. The van der Waals surface area contributed by atoms with Crippen molar-refractivity contribution in [1.29, 1.82) is 0 Å². The van der Waals surface area contributed by atoms with Crippen molar-refractivity contribution in [3.63, 3.8) is 0 Å². The zero-order chi connectivity index (χ0) is 14.7. The lowest BCUT2D eigenvalue weighted by molar-refractivity contribution is 0.118. The van der Waals surface area contributed by atoms with Gasteiger partial charge in [0.15, 0.2) is 0 Å². The van der Waals surface area contributed by atoms with Gasteiger partial charge in [-0.1, -0.05) is 36.0 Å². The third-order valence-electron chi connectivity index (χ3n) is 3.97. The van der Waals surface area contributed by atoms with Crippen LogP contribution in [-0.2, 0) is 6.54 Å². The molecule has 1 fully saturated rings. The van der Waals surface area contributed by atoms with Gasteiger partial charge in [-0.25, -0.2) is 0 Å². The Kier molecular flexibility index (Phi) is 5.38. The Morgan fingerprint density at radius 3 is 2.55 bits per heavy atom. The highest BCUT2D eigenvalue weighted by atomic mass is 35.5. The molecule has 110 valence electrons. The van der Waals surface area contributed by atoms with E-state index in [1.807, 2.05) is 6.07 Å². The molecule has 1 unspecified atom stereocenters. The van der Waals surface area contributed by atoms with Gasteiger partial charge in [-0.2, -0.15) is 0 Å². The van der Waals surface area contributed by atoms with E-state index in [1.165, 1.54) is 11.1 Å². The minimum atomic E-state index is 0.190. The number of aryl methyl sites for hydroxylation is 1. The molecule has 1 heterocycles. The van der Waals surface area contributed by atoms with Crippen LogP contribution in [0.1, 0.15) is 18.1 Å². The third kappa shape index (κ3) is 3.92. The van der Waals surface area contributed by atoms with Gasteiger partial charge < -0.3 is 5.73 Å². The van der Waals surface area contributed by atoms with Crippen molar-refractivity contribution in [2.75, 3.05) is 26.2 Å². The van der Waals surface area contributed by atoms with Crippen molar-refractivity contribution < 1.29 is 0 Å². The molecule has 1 aromatic rings. The first-order chi connectivity index (χ1) is 9.47. The molecular formula is C15H22ClN3S. The number of nitrogens with two attached hydrogens (primary N) is 1. The second-order valence-electron chi connectivity index (χ2n) is 5.49. The molecule has 2 rings (SSSR count). The highest BCUT2D eigenvalue weighted by Crippen LogP contribution is 2.20. The molecule has 5 heteroatoms. The number of thiocarbonyl (C=S) groups is 1. The smallest absolute Gasteiger partial charge is 0.0899 e. The second kappa shape index (κ2) is 6.85. The van der Waals surface area contributed by atoms with Crippen LogP contribution < -0.4 is 5.73 Å². The van der Waals surface area contributed by atoms with Crippen molar-refractivity contribution in [3.8, 4) is 0 Å². The first-order valence-electron chi connectivity index (χ1n) is 6.98. The summed E-state index contributed by atoms with van der Waals surface area (Å²) in [5, 5.41) is 0.865. The van der Waals surface area contributed by atoms with Crippen molar-refractivity contribution in [2.45, 2.75) is 26.4 Å². The van der Waals surface area contributed by atoms with Crippen LogP contribution in [0, 0.1) is 6.92 Å². The average Bonchev–Trinajstić information content (AvgIpc) is 2.42. The van der Waals surface area contributed by atoms with Crippen LogP contribution in [0.25, 0.3) is 0 Å². The first kappa shape index (κ1) is 15.7. The van der Waals surface area contributed by atoms with Crippen LogP contribution in [0.5, 0.6) is 0 Å². The number of piperazine rings is 1. The summed E-state index contributed by atoms with van der Waals surface area (Å²) in [6, 6.07) is 6.46. The largest absolute Gasteiger partial charge is 0.392 e. The fourth-order valence-corrected chi connectivity index (χ4v) is 2.95. The minimum absolute atomic E-state index is 0.190.